The highest BCUT2D eigenvalue weighted by Gasteiger charge is 2.24. The highest BCUT2D eigenvalue weighted by Crippen LogP contribution is 2.19. The third-order valence-corrected chi connectivity index (χ3v) is 5.09. The Kier molecular flexibility index (Phi) is 5.01. The Morgan fingerprint density at radius 3 is 2.75 bits per heavy atom. The molecule has 0 amide bonds. The first-order valence-corrected chi connectivity index (χ1v) is 8.54. The van der Waals surface area contributed by atoms with Gasteiger partial charge in [0.05, 0.1) is 5.75 Å². The third kappa shape index (κ3) is 4.47. The Balaban J connectivity index is 1.96. The molecule has 2 rings (SSSR count). The predicted octanol–water partition coefficient (Wildman–Crippen LogP) is 1.50. The van der Waals surface area contributed by atoms with Crippen molar-refractivity contribution >= 4 is 15.7 Å². The summed E-state index contributed by atoms with van der Waals surface area (Å²) in [5.74, 6) is 0.311. The summed E-state index contributed by atoms with van der Waals surface area (Å²) in [6.45, 7) is 3.35. The molecule has 6 heteroatoms. The Bertz CT molecular complexity index is 539. The zero-order valence-electron chi connectivity index (χ0n) is 11.7. The van der Waals surface area contributed by atoms with Crippen LogP contribution in [0.1, 0.15) is 25.3 Å². The molecule has 1 unspecified atom stereocenters. The van der Waals surface area contributed by atoms with Crippen molar-refractivity contribution in [3.05, 3.63) is 29.8 Å². The van der Waals surface area contributed by atoms with Crippen molar-refractivity contribution in [2.24, 2.45) is 5.92 Å². The number of benzene rings is 1. The van der Waals surface area contributed by atoms with Crippen molar-refractivity contribution < 1.29 is 13.2 Å². The van der Waals surface area contributed by atoms with Gasteiger partial charge in [-0.2, -0.15) is 0 Å². The first kappa shape index (κ1) is 15.3. The van der Waals surface area contributed by atoms with E-state index in [1.54, 1.807) is 24.3 Å². The Hall–Kier alpha value is -1.11. The van der Waals surface area contributed by atoms with Crippen LogP contribution < -0.4 is 10.5 Å². The summed E-state index contributed by atoms with van der Waals surface area (Å²) in [6, 6.07) is 6.91. The predicted molar refractivity (Wildman–Crippen MR) is 79.6 cm³/mol. The van der Waals surface area contributed by atoms with Gasteiger partial charge in [0.1, 0.15) is 0 Å². The molecule has 1 aromatic rings. The summed E-state index contributed by atoms with van der Waals surface area (Å²) >= 11 is 0. The van der Waals surface area contributed by atoms with Gasteiger partial charge in [-0.25, -0.2) is 13.1 Å². The van der Waals surface area contributed by atoms with E-state index in [0.717, 1.165) is 12.8 Å². The lowest BCUT2D eigenvalue weighted by atomic mass is 9.94. The summed E-state index contributed by atoms with van der Waals surface area (Å²) in [6.07, 6.45) is 1.81. The molecule has 1 aromatic carbocycles. The van der Waals surface area contributed by atoms with E-state index in [4.69, 9.17) is 10.5 Å². The van der Waals surface area contributed by atoms with E-state index < -0.39 is 10.0 Å². The largest absolute Gasteiger partial charge is 0.399 e. The van der Waals surface area contributed by atoms with E-state index in [0.29, 0.717) is 30.4 Å². The maximum atomic E-state index is 12.2. The minimum absolute atomic E-state index is 0.0361. The van der Waals surface area contributed by atoms with Crippen molar-refractivity contribution in [3.8, 4) is 0 Å². The van der Waals surface area contributed by atoms with Gasteiger partial charge in [-0.1, -0.05) is 12.1 Å². The van der Waals surface area contributed by atoms with E-state index in [1.165, 1.54) is 0 Å². The lowest BCUT2D eigenvalue weighted by molar-refractivity contribution is 0.0585. The van der Waals surface area contributed by atoms with E-state index in [2.05, 4.69) is 4.72 Å². The van der Waals surface area contributed by atoms with Gasteiger partial charge >= 0.3 is 0 Å². The smallest absolute Gasteiger partial charge is 0.216 e. The number of nitrogen functional groups attached to an aromatic ring is 1. The number of rotatable bonds is 5. The Morgan fingerprint density at radius 2 is 2.10 bits per heavy atom. The maximum Gasteiger partial charge on any atom is 0.216 e. The lowest BCUT2D eigenvalue weighted by Crippen LogP contribution is -2.40. The molecular formula is C14H22N2O3S. The normalized spacial score (nSPS) is 18.9. The van der Waals surface area contributed by atoms with Crippen LogP contribution in [0.3, 0.4) is 0 Å². The first-order valence-electron chi connectivity index (χ1n) is 6.88. The Labute approximate surface area is 120 Å². The van der Waals surface area contributed by atoms with Crippen LogP contribution in [0.4, 0.5) is 5.69 Å². The maximum absolute atomic E-state index is 12.2. The van der Waals surface area contributed by atoms with Gasteiger partial charge in [0, 0.05) is 24.9 Å². The number of sulfonamides is 1. The lowest BCUT2D eigenvalue weighted by Gasteiger charge is -2.28. The SMILES string of the molecule is CC(NS(=O)(=O)Cc1cccc(N)c1)C1CCOCC1. The number of hydrogen-bond acceptors (Lipinski definition) is 4. The van der Waals surface area contributed by atoms with E-state index in [9.17, 15) is 8.42 Å². The van der Waals surface area contributed by atoms with Crippen LogP contribution in [0.2, 0.25) is 0 Å². The van der Waals surface area contributed by atoms with Crippen LogP contribution in [0.25, 0.3) is 0 Å². The average Bonchev–Trinajstić information content (AvgIpc) is 2.38. The second-order valence-electron chi connectivity index (χ2n) is 5.36. The number of ether oxygens (including phenoxy) is 1. The van der Waals surface area contributed by atoms with Crippen LogP contribution in [-0.4, -0.2) is 27.7 Å². The third-order valence-electron chi connectivity index (χ3n) is 3.65. The van der Waals surface area contributed by atoms with Crippen LogP contribution in [-0.2, 0) is 20.5 Å². The van der Waals surface area contributed by atoms with Gasteiger partial charge < -0.3 is 10.5 Å². The molecule has 0 aromatic heterocycles. The van der Waals surface area contributed by atoms with Crippen LogP contribution >= 0.6 is 0 Å². The van der Waals surface area contributed by atoms with Gasteiger partial charge in [0.15, 0.2) is 0 Å². The highest BCUT2D eigenvalue weighted by atomic mass is 32.2. The molecular weight excluding hydrogens is 276 g/mol. The summed E-state index contributed by atoms with van der Waals surface area (Å²) in [5, 5.41) is 0. The second kappa shape index (κ2) is 6.56. The van der Waals surface area contributed by atoms with Crippen molar-refractivity contribution in [3.63, 3.8) is 0 Å². The molecule has 0 spiro atoms. The number of anilines is 1. The molecule has 5 nitrogen and oxygen atoms in total. The van der Waals surface area contributed by atoms with Gasteiger partial charge in [0.25, 0.3) is 0 Å². The molecule has 112 valence electrons. The standard InChI is InChI=1S/C14H22N2O3S/c1-11(13-5-7-19-8-6-13)16-20(17,18)10-12-3-2-4-14(15)9-12/h2-4,9,11,13,16H,5-8,10,15H2,1H3. The van der Waals surface area contributed by atoms with Gasteiger partial charge in [-0.3, -0.25) is 0 Å². The highest BCUT2D eigenvalue weighted by molar-refractivity contribution is 7.88. The average molecular weight is 298 g/mol. The van der Waals surface area contributed by atoms with Crippen molar-refractivity contribution in [1.29, 1.82) is 0 Å². The quantitative estimate of drug-likeness (QED) is 0.807. The minimum Gasteiger partial charge on any atom is -0.399 e. The molecule has 3 N–H and O–H groups in total. The van der Waals surface area contributed by atoms with Crippen LogP contribution in [0, 0.1) is 5.92 Å². The number of hydrogen-bond donors (Lipinski definition) is 2. The van der Waals surface area contributed by atoms with Crippen molar-refractivity contribution in [2.75, 3.05) is 18.9 Å². The van der Waals surface area contributed by atoms with E-state index in [1.807, 2.05) is 6.92 Å². The summed E-state index contributed by atoms with van der Waals surface area (Å²) in [4.78, 5) is 0. The molecule has 1 aliphatic heterocycles. The van der Waals surface area contributed by atoms with Crippen LogP contribution in [0.15, 0.2) is 24.3 Å². The zero-order valence-corrected chi connectivity index (χ0v) is 12.5. The monoisotopic (exact) mass is 298 g/mol. The fourth-order valence-corrected chi connectivity index (χ4v) is 4.00. The molecule has 0 saturated carbocycles. The molecule has 0 bridgehead atoms. The molecule has 1 atom stereocenters. The van der Waals surface area contributed by atoms with E-state index >= 15 is 0 Å². The minimum atomic E-state index is -3.35. The second-order valence-corrected chi connectivity index (χ2v) is 7.11. The molecule has 0 aliphatic carbocycles. The molecule has 1 heterocycles. The summed E-state index contributed by atoms with van der Waals surface area (Å²) in [5.41, 5.74) is 6.95. The summed E-state index contributed by atoms with van der Waals surface area (Å²) in [7, 11) is -3.35. The molecule has 1 aliphatic rings. The molecule has 20 heavy (non-hydrogen) atoms. The molecule has 0 radical (unpaired) electrons. The molecule has 1 saturated heterocycles. The fraction of sp³-hybridized carbons (Fsp3) is 0.571. The fourth-order valence-electron chi connectivity index (χ4n) is 2.54. The Morgan fingerprint density at radius 1 is 1.40 bits per heavy atom. The van der Waals surface area contributed by atoms with Crippen LogP contribution in [0.5, 0.6) is 0 Å². The van der Waals surface area contributed by atoms with E-state index in [-0.39, 0.29) is 11.8 Å². The first-order chi connectivity index (χ1) is 9.46. The number of nitrogens with one attached hydrogen (secondary N) is 1. The molecule has 1 fully saturated rings. The zero-order chi connectivity index (χ0) is 14.6. The number of nitrogens with two attached hydrogens (primary N) is 1. The van der Waals surface area contributed by atoms with Gasteiger partial charge in [-0.05, 0) is 43.4 Å². The van der Waals surface area contributed by atoms with Gasteiger partial charge in [-0.15, -0.1) is 0 Å². The topological polar surface area (TPSA) is 81.4 Å². The van der Waals surface area contributed by atoms with Crippen molar-refractivity contribution in [1.82, 2.24) is 4.72 Å². The van der Waals surface area contributed by atoms with Crippen molar-refractivity contribution in [2.45, 2.75) is 31.6 Å². The summed E-state index contributed by atoms with van der Waals surface area (Å²) < 4.78 is 32.4. The van der Waals surface area contributed by atoms with Gasteiger partial charge in [0.2, 0.25) is 10.0 Å².